The highest BCUT2D eigenvalue weighted by Crippen LogP contribution is 2.31. The minimum atomic E-state index is -4.33. The zero-order valence-corrected chi connectivity index (χ0v) is 29.3. The van der Waals surface area contributed by atoms with Crippen molar-refractivity contribution in [1.29, 1.82) is 0 Å². The molecule has 9 unspecified atom stereocenters. The molecule has 4 rings (SSSR count). The van der Waals surface area contributed by atoms with Crippen LogP contribution in [0.4, 0.5) is 5.69 Å². The summed E-state index contributed by atoms with van der Waals surface area (Å²) in [6.07, 6.45) is -13.6. The summed E-state index contributed by atoms with van der Waals surface area (Å²) in [5, 5.41) is 47.2. The van der Waals surface area contributed by atoms with Gasteiger partial charge in [-0.2, -0.15) is 8.42 Å². The van der Waals surface area contributed by atoms with E-state index in [0.29, 0.717) is 11.3 Å². The van der Waals surface area contributed by atoms with E-state index in [9.17, 15) is 33.6 Å². The van der Waals surface area contributed by atoms with Crippen LogP contribution in [0.25, 0.3) is 0 Å². The Hall–Kier alpha value is -2.29. The van der Waals surface area contributed by atoms with E-state index in [4.69, 9.17) is 44.2 Å². The number of methoxy groups -OCH3 is 1. The third-order valence-electron chi connectivity index (χ3n) is 7.91. The van der Waals surface area contributed by atoms with Crippen LogP contribution in [0.1, 0.15) is 38.3 Å². The van der Waals surface area contributed by atoms with Gasteiger partial charge in [-0.3, -0.25) is 8.98 Å². The third-order valence-corrected chi connectivity index (χ3v) is 9.54. The fourth-order valence-corrected chi connectivity index (χ4v) is 6.41. The average Bonchev–Trinajstić information content (AvgIpc) is 3.04. The SMILES string of the molecule is COC(OC1C(COS(=O)(=O)c2ccc(C)cc2)OC(OCc2ccc(Cl)c(NC(C)=O)c2)C(O)C1O)C(O)C(O)C1CCOC(C)(C)O1. The molecule has 15 nitrogen and oxygen atoms in total. The number of rotatable bonds is 14. The van der Waals surface area contributed by atoms with E-state index in [-0.39, 0.29) is 35.5 Å². The van der Waals surface area contributed by atoms with Crippen LogP contribution in [0, 0.1) is 6.92 Å². The minimum Gasteiger partial charge on any atom is -0.387 e. The van der Waals surface area contributed by atoms with Crippen molar-refractivity contribution in [2.24, 2.45) is 0 Å². The highest BCUT2D eigenvalue weighted by atomic mass is 35.5. The zero-order valence-electron chi connectivity index (χ0n) is 27.7. The molecule has 2 fully saturated rings. The van der Waals surface area contributed by atoms with Crippen LogP contribution >= 0.6 is 11.6 Å². The van der Waals surface area contributed by atoms with Gasteiger partial charge in [0.25, 0.3) is 10.1 Å². The Morgan fingerprint density at radius 2 is 1.82 bits per heavy atom. The standard InChI is InChI=1S/C32H44ClNO14S/c1-17-6-9-20(10-7-17)49(40,41)45-16-24-29(47-30(42-5)27(38)25(36)23-12-13-44-32(3,4)48-23)26(37)28(39)31(46-24)43-15-19-8-11-21(33)22(14-19)34-18(2)35/h6-11,14,23-31,36-39H,12-13,15-16H2,1-5H3,(H,34,35). The normalized spacial score (nSPS) is 27.6. The summed E-state index contributed by atoms with van der Waals surface area (Å²) in [5.41, 5.74) is 1.66. The molecule has 0 radical (unpaired) electrons. The fraction of sp³-hybridized carbons (Fsp3) is 0.594. The number of aliphatic hydroxyl groups excluding tert-OH is 4. The fourth-order valence-electron chi connectivity index (χ4n) is 5.33. The lowest BCUT2D eigenvalue weighted by Crippen LogP contribution is -2.62. The number of aryl methyl sites for hydroxylation is 1. The first-order chi connectivity index (χ1) is 23.0. The maximum Gasteiger partial charge on any atom is 0.297 e. The summed E-state index contributed by atoms with van der Waals surface area (Å²) >= 11 is 6.16. The molecule has 49 heavy (non-hydrogen) atoms. The predicted octanol–water partition coefficient (Wildman–Crippen LogP) is 1.60. The number of amides is 1. The number of halogens is 1. The third kappa shape index (κ3) is 10.4. The van der Waals surface area contributed by atoms with Gasteiger partial charge in [-0.05, 0) is 57.0 Å². The molecule has 5 N–H and O–H groups in total. The van der Waals surface area contributed by atoms with Crippen LogP contribution < -0.4 is 5.32 Å². The molecule has 2 aliphatic heterocycles. The molecule has 2 heterocycles. The first-order valence-corrected chi connectivity index (χ1v) is 17.3. The van der Waals surface area contributed by atoms with Crippen molar-refractivity contribution in [2.45, 2.75) is 107 Å². The molecular formula is C32H44ClNO14S. The smallest absolute Gasteiger partial charge is 0.297 e. The van der Waals surface area contributed by atoms with Crippen LogP contribution in [0.2, 0.25) is 5.02 Å². The van der Waals surface area contributed by atoms with Crippen LogP contribution in [0.5, 0.6) is 0 Å². The van der Waals surface area contributed by atoms with Gasteiger partial charge in [-0.15, -0.1) is 0 Å². The first kappa shape index (κ1) is 39.5. The van der Waals surface area contributed by atoms with Crippen molar-refractivity contribution in [2.75, 3.05) is 25.6 Å². The van der Waals surface area contributed by atoms with Crippen LogP contribution in [0.15, 0.2) is 47.4 Å². The number of hydrogen-bond donors (Lipinski definition) is 5. The molecule has 0 aliphatic carbocycles. The predicted molar refractivity (Wildman–Crippen MR) is 173 cm³/mol. The first-order valence-electron chi connectivity index (χ1n) is 15.5. The van der Waals surface area contributed by atoms with Crippen molar-refractivity contribution in [3.05, 3.63) is 58.6 Å². The minimum absolute atomic E-state index is 0.134. The summed E-state index contributed by atoms with van der Waals surface area (Å²) in [7, 11) is -3.15. The second-order valence-electron chi connectivity index (χ2n) is 12.3. The summed E-state index contributed by atoms with van der Waals surface area (Å²) in [5.74, 6) is -1.37. The molecule has 0 aromatic heterocycles. The zero-order chi connectivity index (χ0) is 36.1. The highest BCUT2D eigenvalue weighted by Gasteiger charge is 2.49. The largest absolute Gasteiger partial charge is 0.387 e. The van der Waals surface area contributed by atoms with Gasteiger partial charge in [0, 0.05) is 14.0 Å². The molecule has 0 saturated carbocycles. The number of aliphatic hydroxyl groups is 4. The number of carbonyl (C=O) groups excluding carboxylic acids is 1. The Balaban J connectivity index is 1.54. The van der Waals surface area contributed by atoms with Crippen LogP contribution in [-0.2, 0) is 54.1 Å². The van der Waals surface area contributed by atoms with E-state index in [0.717, 1.165) is 5.56 Å². The molecule has 2 aromatic rings. The number of benzene rings is 2. The van der Waals surface area contributed by atoms with Crippen molar-refractivity contribution < 1.29 is 66.2 Å². The van der Waals surface area contributed by atoms with E-state index in [1.54, 1.807) is 45.0 Å². The van der Waals surface area contributed by atoms with E-state index >= 15 is 0 Å². The van der Waals surface area contributed by atoms with E-state index < -0.39 is 77.8 Å². The van der Waals surface area contributed by atoms with Crippen molar-refractivity contribution in [1.82, 2.24) is 0 Å². The molecule has 1 amide bonds. The lowest BCUT2D eigenvalue weighted by atomic mass is 9.98. The average molecular weight is 734 g/mol. The van der Waals surface area contributed by atoms with Crippen molar-refractivity contribution in [3.8, 4) is 0 Å². The number of ether oxygens (including phenoxy) is 6. The number of anilines is 1. The van der Waals surface area contributed by atoms with Crippen LogP contribution in [-0.4, -0.2) is 116 Å². The van der Waals surface area contributed by atoms with E-state index in [1.807, 2.05) is 0 Å². The molecule has 0 spiro atoms. The number of carbonyl (C=O) groups is 1. The molecular weight excluding hydrogens is 690 g/mol. The Kier molecular flexibility index (Phi) is 13.6. The monoisotopic (exact) mass is 733 g/mol. The summed E-state index contributed by atoms with van der Waals surface area (Å²) in [6.45, 7) is 5.77. The van der Waals surface area contributed by atoms with Crippen molar-refractivity contribution in [3.63, 3.8) is 0 Å². The molecule has 2 aromatic carbocycles. The Bertz CT molecular complexity index is 1510. The van der Waals surface area contributed by atoms with Crippen molar-refractivity contribution >= 4 is 33.3 Å². The lowest BCUT2D eigenvalue weighted by molar-refractivity contribution is -0.341. The summed E-state index contributed by atoms with van der Waals surface area (Å²) in [6, 6.07) is 10.6. The maximum atomic E-state index is 13.0. The topological polar surface area (TPSA) is 209 Å². The summed E-state index contributed by atoms with van der Waals surface area (Å²) < 4.78 is 65.5. The molecule has 2 aliphatic rings. The van der Waals surface area contributed by atoms with Gasteiger partial charge in [0.15, 0.2) is 18.4 Å². The second kappa shape index (κ2) is 16.8. The molecule has 0 bridgehead atoms. The molecule has 9 atom stereocenters. The van der Waals surface area contributed by atoms with Gasteiger partial charge in [-0.1, -0.05) is 35.4 Å². The number of hydrogen-bond acceptors (Lipinski definition) is 14. The van der Waals surface area contributed by atoms with Crippen LogP contribution in [0.3, 0.4) is 0 Å². The van der Waals surface area contributed by atoms with Gasteiger partial charge >= 0.3 is 0 Å². The van der Waals surface area contributed by atoms with E-state index in [1.165, 1.54) is 32.2 Å². The molecule has 17 heteroatoms. The van der Waals surface area contributed by atoms with Gasteiger partial charge in [0.05, 0.1) is 41.5 Å². The highest BCUT2D eigenvalue weighted by molar-refractivity contribution is 7.86. The van der Waals surface area contributed by atoms with Gasteiger partial charge in [-0.25, -0.2) is 0 Å². The number of nitrogens with one attached hydrogen (secondary N) is 1. The van der Waals surface area contributed by atoms with Gasteiger partial charge in [0.2, 0.25) is 5.91 Å². The Morgan fingerprint density at radius 3 is 2.45 bits per heavy atom. The van der Waals surface area contributed by atoms with Gasteiger partial charge in [0.1, 0.15) is 36.6 Å². The quantitative estimate of drug-likeness (QED) is 0.138. The lowest BCUT2D eigenvalue weighted by Gasteiger charge is -2.44. The van der Waals surface area contributed by atoms with Gasteiger partial charge < -0.3 is 54.2 Å². The summed E-state index contributed by atoms with van der Waals surface area (Å²) in [4.78, 5) is 11.4. The second-order valence-corrected chi connectivity index (χ2v) is 14.3. The molecule has 274 valence electrons. The maximum absolute atomic E-state index is 13.0. The molecule has 2 saturated heterocycles. The Labute approximate surface area is 290 Å². The Morgan fingerprint density at radius 1 is 1.12 bits per heavy atom. The van der Waals surface area contributed by atoms with E-state index in [2.05, 4.69) is 5.32 Å².